The fourth-order valence-corrected chi connectivity index (χ4v) is 2.06. The van der Waals surface area contributed by atoms with Crippen molar-refractivity contribution in [2.24, 2.45) is 0 Å². The predicted molar refractivity (Wildman–Crippen MR) is 72.8 cm³/mol. The Morgan fingerprint density at radius 2 is 1.88 bits per heavy atom. The van der Waals surface area contributed by atoms with Gasteiger partial charge in [0.2, 0.25) is 5.88 Å². The van der Waals surface area contributed by atoms with Gasteiger partial charge in [-0.25, -0.2) is 4.98 Å². The second kappa shape index (κ2) is 5.19. The maximum atomic E-state index is 6.11. The highest BCUT2D eigenvalue weighted by Crippen LogP contribution is 2.37. The lowest BCUT2D eigenvalue weighted by atomic mass is 10.2. The van der Waals surface area contributed by atoms with Crippen LogP contribution in [0.15, 0.2) is 18.3 Å². The Bertz CT molecular complexity index is 355. The van der Waals surface area contributed by atoms with E-state index in [-0.39, 0.29) is 5.04 Å². The molecule has 0 radical (unpaired) electrons. The third-order valence-corrected chi connectivity index (χ3v) is 7.89. The number of aromatic nitrogens is 1. The van der Waals surface area contributed by atoms with Crippen molar-refractivity contribution in [1.29, 1.82) is 0 Å². The van der Waals surface area contributed by atoms with Gasteiger partial charge in [-0.3, -0.25) is 0 Å². The quantitative estimate of drug-likeness (QED) is 0.768. The van der Waals surface area contributed by atoms with Crippen LogP contribution in [0.5, 0.6) is 5.88 Å². The van der Waals surface area contributed by atoms with Gasteiger partial charge in [-0.05, 0) is 29.8 Å². The summed E-state index contributed by atoms with van der Waals surface area (Å²) in [5.74, 6) is 0.640. The van der Waals surface area contributed by atoms with Crippen molar-refractivity contribution < 1.29 is 9.16 Å². The second-order valence-electron chi connectivity index (χ2n) is 5.76. The van der Waals surface area contributed by atoms with Gasteiger partial charge in [-0.2, -0.15) is 0 Å². The highest BCUT2D eigenvalue weighted by atomic mass is 28.4. The Morgan fingerprint density at radius 3 is 2.29 bits per heavy atom. The highest BCUT2D eigenvalue weighted by molar-refractivity contribution is 6.74. The molecule has 1 rings (SSSR count). The molecule has 0 aromatic carbocycles. The smallest absolute Gasteiger partial charge is 0.212 e. The lowest BCUT2D eigenvalue weighted by Gasteiger charge is -2.36. The zero-order chi connectivity index (χ0) is 13.1. The summed E-state index contributed by atoms with van der Waals surface area (Å²) in [5.41, 5.74) is 1.09. The van der Waals surface area contributed by atoms with E-state index >= 15 is 0 Å². The van der Waals surface area contributed by atoms with Crippen LogP contribution < -0.4 is 4.74 Å². The van der Waals surface area contributed by atoms with E-state index in [0.29, 0.717) is 12.5 Å². The van der Waals surface area contributed by atoms with Gasteiger partial charge in [0.1, 0.15) is 0 Å². The van der Waals surface area contributed by atoms with Crippen LogP contribution in [0, 0.1) is 0 Å². The Balaban J connectivity index is 2.61. The van der Waals surface area contributed by atoms with E-state index in [1.165, 1.54) is 0 Å². The molecular formula is C13H23NO2Si. The summed E-state index contributed by atoms with van der Waals surface area (Å²) in [5, 5.41) is 0.243. The van der Waals surface area contributed by atoms with E-state index in [2.05, 4.69) is 38.8 Å². The fourth-order valence-electron chi connectivity index (χ4n) is 1.10. The third kappa shape index (κ3) is 3.82. The van der Waals surface area contributed by atoms with Crippen LogP contribution in [0.1, 0.15) is 26.3 Å². The Hall–Kier alpha value is -0.873. The molecule has 1 aromatic heterocycles. The molecule has 0 aliphatic heterocycles. The molecule has 0 saturated heterocycles. The first-order chi connectivity index (χ1) is 7.76. The number of hydrogen-bond donors (Lipinski definition) is 0. The van der Waals surface area contributed by atoms with Crippen LogP contribution in [-0.2, 0) is 11.0 Å². The van der Waals surface area contributed by atoms with Crippen molar-refractivity contribution in [2.75, 3.05) is 7.11 Å². The first kappa shape index (κ1) is 14.2. The average molecular weight is 253 g/mol. The molecule has 0 atom stereocenters. The van der Waals surface area contributed by atoms with Crippen molar-refractivity contribution >= 4 is 8.32 Å². The Morgan fingerprint density at radius 1 is 1.24 bits per heavy atom. The fraction of sp³-hybridized carbons (Fsp3) is 0.615. The molecule has 4 heteroatoms. The zero-order valence-corrected chi connectivity index (χ0v) is 12.7. The number of hydrogen-bond acceptors (Lipinski definition) is 3. The van der Waals surface area contributed by atoms with E-state index < -0.39 is 8.32 Å². The summed E-state index contributed by atoms with van der Waals surface area (Å²) < 4.78 is 11.1. The van der Waals surface area contributed by atoms with Crippen LogP contribution in [-0.4, -0.2) is 20.4 Å². The van der Waals surface area contributed by atoms with Crippen molar-refractivity contribution in [3.8, 4) is 5.88 Å². The first-order valence-electron chi connectivity index (χ1n) is 5.89. The van der Waals surface area contributed by atoms with Gasteiger partial charge in [0.25, 0.3) is 0 Å². The summed E-state index contributed by atoms with van der Waals surface area (Å²) in [6, 6.07) is 3.86. The maximum absolute atomic E-state index is 6.11. The lowest BCUT2D eigenvalue weighted by Crippen LogP contribution is -2.40. The van der Waals surface area contributed by atoms with E-state index in [0.717, 1.165) is 5.56 Å². The molecule has 0 aliphatic rings. The van der Waals surface area contributed by atoms with Gasteiger partial charge in [0.15, 0.2) is 8.32 Å². The van der Waals surface area contributed by atoms with E-state index in [4.69, 9.17) is 9.16 Å². The van der Waals surface area contributed by atoms with E-state index in [9.17, 15) is 0 Å². The van der Waals surface area contributed by atoms with Crippen LogP contribution in [0.4, 0.5) is 0 Å². The van der Waals surface area contributed by atoms with E-state index in [1.54, 1.807) is 7.11 Å². The minimum atomic E-state index is -1.67. The molecule has 0 aliphatic carbocycles. The number of methoxy groups -OCH3 is 1. The summed E-state index contributed by atoms with van der Waals surface area (Å²) in [7, 11) is -0.0494. The minimum absolute atomic E-state index is 0.243. The topological polar surface area (TPSA) is 31.4 Å². The van der Waals surface area contributed by atoms with Gasteiger partial charge in [-0.1, -0.05) is 20.8 Å². The summed E-state index contributed by atoms with van der Waals surface area (Å²) >= 11 is 0. The Kier molecular flexibility index (Phi) is 4.33. The van der Waals surface area contributed by atoms with Gasteiger partial charge < -0.3 is 9.16 Å². The molecule has 0 unspecified atom stereocenters. The lowest BCUT2D eigenvalue weighted by molar-refractivity contribution is 0.275. The van der Waals surface area contributed by atoms with Gasteiger partial charge in [0, 0.05) is 12.3 Å². The number of nitrogens with zero attached hydrogens (tertiary/aromatic N) is 1. The summed E-state index contributed by atoms with van der Waals surface area (Å²) in [6.45, 7) is 11.9. The third-order valence-electron chi connectivity index (χ3n) is 3.41. The average Bonchev–Trinajstić information content (AvgIpc) is 2.25. The standard InChI is InChI=1S/C13H23NO2Si/c1-13(2,3)17(5,6)16-10-11-7-8-12(15-4)14-9-11/h7-9H,10H2,1-6H3. The molecule has 0 bridgehead atoms. The minimum Gasteiger partial charge on any atom is -0.481 e. The molecule has 96 valence electrons. The van der Waals surface area contributed by atoms with E-state index in [1.807, 2.05) is 18.3 Å². The second-order valence-corrected chi connectivity index (χ2v) is 10.6. The van der Waals surface area contributed by atoms with Crippen LogP contribution in [0.25, 0.3) is 0 Å². The molecule has 0 saturated carbocycles. The largest absolute Gasteiger partial charge is 0.481 e. The molecular weight excluding hydrogens is 230 g/mol. The van der Waals surface area contributed by atoms with Crippen LogP contribution in [0.3, 0.4) is 0 Å². The molecule has 1 heterocycles. The Labute approximate surface area is 105 Å². The highest BCUT2D eigenvalue weighted by Gasteiger charge is 2.36. The molecule has 0 amide bonds. The first-order valence-corrected chi connectivity index (χ1v) is 8.80. The molecule has 0 spiro atoms. The maximum Gasteiger partial charge on any atom is 0.212 e. The van der Waals surface area contributed by atoms with Crippen molar-refractivity contribution in [1.82, 2.24) is 4.98 Å². The predicted octanol–water partition coefficient (Wildman–Crippen LogP) is 3.61. The summed E-state index contributed by atoms with van der Waals surface area (Å²) in [6.07, 6.45) is 1.81. The molecule has 1 aromatic rings. The summed E-state index contributed by atoms with van der Waals surface area (Å²) in [4.78, 5) is 4.17. The van der Waals surface area contributed by atoms with Crippen molar-refractivity contribution in [2.45, 2.75) is 45.5 Å². The monoisotopic (exact) mass is 253 g/mol. The molecule has 0 fully saturated rings. The van der Waals surface area contributed by atoms with Crippen LogP contribution >= 0.6 is 0 Å². The van der Waals surface area contributed by atoms with Crippen molar-refractivity contribution in [3.63, 3.8) is 0 Å². The number of rotatable bonds is 4. The van der Waals surface area contributed by atoms with Gasteiger partial charge in [0.05, 0.1) is 13.7 Å². The number of pyridine rings is 1. The van der Waals surface area contributed by atoms with Crippen LogP contribution in [0.2, 0.25) is 18.1 Å². The SMILES string of the molecule is COc1ccc(CO[Si](C)(C)C(C)(C)C)cn1. The normalized spacial score (nSPS) is 12.6. The zero-order valence-electron chi connectivity index (χ0n) is 11.7. The van der Waals surface area contributed by atoms with Gasteiger partial charge >= 0.3 is 0 Å². The number of ether oxygens (including phenoxy) is 1. The molecule has 17 heavy (non-hydrogen) atoms. The van der Waals surface area contributed by atoms with Gasteiger partial charge in [-0.15, -0.1) is 0 Å². The van der Waals surface area contributed by atoms with Crippen molar-refractivity contribution in [3.05, 3.63) is 23.9 Å². The molecule has 0 N–H and O–H groups in total. The molecule has 3 nitrogen and oxygen atoms in total.